The van der Waals surface area contributed by atoms with Crippen LogP contribution in [0, 0.1) is 5.92 Å². The Labute approximate surface area is 115 Å². The molecular weight excluding hydrogens is 262 g/mol. The highest BCUT2D eigenvalue weighted by Crippen LogP contribution is 2.24. The largest absolute Gasteiger partial charge is 0.349 e. The van der Waals surface area contributed by atoms with Crippen LogP contribution in [-0.2, 0) is 6.54 Å². The van der Waals surface area contributed by atoms with Crippen LogP contribution in [-0.4, -0.2) is 14.5 Å². The Morgan fingerprint density at radius 3 is 2.95 bits per heavy atom. The summed E-state index contributed by atoms with van der Waals surface area (Å²) in [5.41, 5.74) is 2.07. The number of nitrogens with one attached hydrogen (secondary N) is 1. The van der Waals surface area contributed by atoms with Crippen LogP contribution in [0.5, 0.6) is 0 Å². The maximum atomic E-state index is 12.4. The van der Waals surface area contributed by atoms with E-state index < -0.39 is 0 Å². The summed E-state index contributed by atoms with van der Waals surface area (Å²) in [4.78, 5) is 19.9. The molecule has 0 bridgehead atoms. The molecular formula is C14H14ClN3O. The lowest BCUT2D eigenvalue weighted by atomic mass is 10.2. The van der Waals surface area contributed by atoms with Crippen LogP contribution < -0.4 is 5.56 Å². The first-order valence-electron chi connectivity index (χ1n) is 6.22. The van der Waals surface area contributed by atoms with Crippen molar-refractivity contribution in [2.45, 2.75) is 20.4 Å². The molecule has 4 nitrogen and oxygen atoms in total. The second-order valence-corrected chi connectivity index (χ2v) is 5.57. The minimum Gasteiger partial charge on any atom is -0.349 e. The zero-order valence-corrected chi connectivity index (χ0v) is 11.5. The van der Waals surface area contributed by atoms with Gasteiger partial charge in [-0.2, -0.15) is 0 Å². The highest BCUT2D eigenvalue weighted by molar-refractivity contribution is 6.31. The number of rotatable bonds is 2. The third-order valence-corrected chi connectivity index (χ3v) is 3.33. The van der Waals surface area contributed by atoms with Crippen LogP contribution in [0.3, 0.4) is 0 Å². The molecule has 1 aromatic carbocycles. The van der Waals surface area contributed by atoms with E-state index in [0.717, 1.165) is 10.9 Å². The van der Waals surface area contributed by atoms with Gasteiger partial charge in [-0.3, -0.25) is 9.36 Å². The number of hydrogen-bond acceptors (Lipinski definition) is 2. The van der Waals surface area contributed by atoms with Crippen LogP contribution in [0.25, 0.3) is 21.9 Å². The highest BCUT2D eigenvalue weighted by atomic mass is 35.5. The van der Waals surface area contributed by atoms with Crippen molar-refractivity contribution >= 4 is 33.5 Å². The van der Waals surface area contributed by atoms with Gasteiger partial charge in [0.15, 0.2) is 0 Å². The Bertz CT molecular complexity index is 817. The van der Waals surface area contributed by atoms with Gasteiger partial charge >= 0.3 is 0 Å². The number of benzene rings is 1. The number of halogens is 1. The van der Waals surface area contributed by atoms with Gasteiger partial charge < -0.3 is 4.98 Å². The normalized spacial score (nSPS) is 11.8. The third kappa shape index (κ3) is 2.02. The van der Waals surface area contributed by atoms with Crippen molar-refractivity contribution in [2.24, 2.45) is 5.92 Å². The molecule has 0 spiro atoms. The average Bonchev–Trinajstić information content (AvgIpc) is 2.71. The molecule has 0 aliphatic heterocycles. The predicted molar refractivity (Wildman–Crippen MR) is 77.7 cm³/mol. The molecule has 0 aliphatic carbocycles. The van der Waals surface area contributed by atoms with E-state index in [9.17, 15) is 4.79 Å². The molecule has 0 saturated heterocycles. The Morgan fingerprint density at radius 2 is 2.21 bits per heavy atom. The van der Waals surface area contributed by atoms with Crippen molar-refractivity contribution in [3.8, 4) is 0 Å². The zero-order chi connectivity index (χ0) is 13.6. The van der Waals surface area contributed by atoms with Crippen LogP contribution in [0.2, 0.25) is 5.02 Å². The molecule has 0 aliphatic rings. The van der Waals surface area contributed by atoms with Gasteiger partial charge in [0.25, 0.3) is 5.56 Å². The smallest absolute Gasteiger partial charge is 0.277 e. The molecule has 1 N–H and O–H groups in total. The Kier molecular flexibility index (Phi) is 2.82. The van der Waals surface area contributed by atoms with E-state index in [4.69, 9.17) is 11.6 Å². The van der Waals surface area contributed by atoms with E-state index >= 15 is 0 Å². The van der Waals surface area contributed by atoms with Crippen LogP contribution in [0.1, 0.15) is 13.8 Å². The molecule has 3 rings (SSSR count). The van der Waals surface area contributed by atoms with Gasteiger partial charge in [0.2, 0.25) is 0 Å². The summed E-state index contributed by atoms with van der Waals surface area (Å²) in [6.07, 6.45) is 1.61. The molecule has 0 unspecified atom stereocenters. The molecule has 0 atom stereocenters. The van der Waals surface area contributed by atoms with Crippen LogP contribution in [0.15, 0.2) is 29.3 Å². The Balaban J connectivity index is 2.32. The van der Waals surface area contributed by atoms with Gasteiger partial charge in [-0.1, -0.05) is 25.4 Å². The SMILES string of the molecule is CC(C)Cn1cnc2c([nH]c3ccc(Cl)cc32)c1=O. The highest BCUT2D eigenvalue weighted by Gasteiger charge is 2.11. The monoisotopic (exact) mass is 275 g/mol. The van der Waals surface area contributed by atoms with E-state index in [1.165, 1.54) is 0 Å². The molecule has 19 heavy (non-hydrogen) atoms. The third-order valence-electron chi connectivity index (χ3n) is 3.10. The molecule has 5 heteroatoms. The van der Waals surface area contributed by atoms with Gasteiger partial charge in [-0.15, -0.1) is 0 Å². The summed E-state index contributed by atoms with van der Waals surface area (Å²) in [7, 11) is 0. The standard InChI is InChI=1S/C14H14ClN3O/c1-8(2)6-18-7-16-12-10-5-9(15)3-4-11(10)17-13(12)14(18)19/h3-5,7-8,17H,6H2,1-2H3. The summed E-state index contributed by atoms with van der Waals surface area (Å²) in [5.74, 6) is 0.399. The van der Waals surface area contributed by atoms with E-state index in [1.807, 2.05) is 12.1 Å². The summed E-state index contributed by atoms with van der Waals surface area (Å²) >= 11 is 5.99. The molecule has 0 amide bonds. The maximum absolute atomic E-state index is 12.4. The number of aromatic amines is 1. The Morgan fingerprint density at radius 1 is 1.42 bits per heavy atom. The molecule has 0 saturated carbocycles. The molecule has 2 heterocycles. The lowest BCUT2D eigenvalue weighted by molar-refractivity contribution is 0.508. The average molecular weight is 276 g/mol. The first-order valence-corrected chi connectivity index (χ1v) is 6.60. The van der Waals surface area contributed by atoms with Crippen molar-refractivity contribution in [1.29, 1.82) is 0 Å². The molecule has 3 aromatic rings. The van der Waals surface area contributed by atoms with Crippen molar-refractivity contribution < 1.29 is 0 Å². The van der Waals surface area contributed by atoms with Gasteiger partial charge in [0.05, 0.1) is 6.33 Å². The van der Waals surface area contributed by atoms with Gasteiger partial charge in [-0.25, -0.2) is 4.98 Å². The number of fused-ring (bicyclic) bond motifs is 3. The topological polar surface area (TPSA) is 50.7 Å². The molecule has 98 valence electrons. The van der Waals surface area contributed by atoms with Crippen molar-refractivity contribution in [3.63, 3.8) is 0 Å². The van der Waals surface area contributed by atoms with Crippen molar-refractivity contribution in [3.05, 3.63) is 39.9 Å². The van der Waals surface area contributed by atoms with E-state index in [2.05, 4.69) is 23.8 Å². The number of hydrogen-bond donors (Lipinski definition) is 1. The quantitative estimate of drug-likeness (QED) is 0.781. The number of aromatic nitrogens is 3. The van der Waals surface area contributed by atoms with E-state index in [0.29, 0.717) is 28.5 Å². The van der Waals surface area contributed by atoms with Crippen LogP contribution >= 0.6 is 11.6 Å². The fraction of sp³-hybridized carbons (Fsp3) is 0.286. The van der Waals surface area contributed by atoms with E-state index in [-0.39, 0.29) is 5.56 Å². The first-order chi connectivity index (χ1) is 9.06. The molecule has 0 radical (unpaired) electrons. The Hall–Kier alpha value is -1.81. The summed E-state index contributed by atoms with van der Waals surface area (Å²) in [5, 5.41) is 1.53. The number of H-pyrrole nitrogens is 1. The second-order valence-electron chi connectivity index (χ2n) is 5.13. The first kappa shape index (κ1) is 12.2. The van der Waals surface area contributed by atoms with Gasteiger partial charge in [-0.05, 0) is 24.1 Å². The lowest BCUT2D eigenvalue weighted by Gasteiger charge is -2.07. The molecule has 0 fully saturated rings. The summed E-state index contributed by atoms with van der Waals surface area (Å²) in [6.45, 7) is 4.81. The van der Waals surface area contributed by atoms with Crippen LogP contribution in [0.4, 0.5) is 0 Å². The summed E-state index contributed by atoms with van der Waals surface area (Å²) in [6, 6.07) is 5.49. The summed E-state index contributed by atoms with van der Waals surface area (Å²) < 4.78 is 1.64. The minimum absolute atomic E-state index is 0.0361. The van der Waals surface area contributed by atoms with E-state index in [1.54, 1.807) is 17.0 Å². The predicted octanol–water partition coefficient (Wildman–Crippen LogP) is 3.19. The molecule has 2 aromatic heterocycles. The maximum Gasteiger partial charge on any atom is 0.277 e. The zero-order valence-electron chi connectivity index (χ0n) is 10.8. The number of nitrogens with zero attached hydrogens (tertiary/aromatic N) is 2. The lowest BCUT2D eigenvalue weighted by Crippen LogP contribution is -2.22. The fourth-order valence-corrected chi connectivity index (χ4v) is 2.46. The van der Waals surface area contributed by atoms with Gasteiger partial charge in [0.1, 0.15) is 11.0 Å². The fourth-order valence-electron chi connectivity index (χ4n) is 2.29. The van der Waals surface area contributed by atoms with Gasteiger partial charge in [0, 0.05) is 22.5 Å². The second kappa shape index (κ2) is 4.38. The van der Waals surface area contributed by atoms with Crippen molar-refractivity contribution in [2.75, 3.05) is 0 Å². The van der Waals surface area contributed by atoms with Crippen molar-refractivity contribution in [1.82, 2.24) is 14.5 Å². The minimum atomic E-state index is -0.0361.